The van der Waals surface area contributed by atoms with Crippen molar-refractivity contribution in [2.24, 2.45) is 5.92 Å². The molecule has 0 saturated heterocycles. The van der Waals surface area contributed by atoms with E-state index in [9.17, 15) is 0 Å². The predicted octanol–water partition coefficient (Wildman–Crippen LogP) is 3.24. The maximum atomic E-state index is 8.42. The quantitative estimate of drug-likeness (QED) is 0.680. The lowest BCUT2D eigenvalue weighted by molar-refractivity contribution is 0.278. The zero-order valence-corrected chi connectivity index (χ0v) is 9.97. The highest BCUT2D eigenvalue weighted by atomic mass is 14.9. The molecule has 1 rings (SSSR count). The Balaban J connectivity index is 2.02. The second-order valence-corrected chi connectivity index (χ2v) is 4.72. The monoisotopic (exact) mass is 208 g/mol. The van der Waals surface area contributed by atoms with Gasteiger partial charge in [-0.3, -0.25) is 0 Å². The molecular formula is C13H24N2. The summed E-state index contributed by atoms with van der Waals surface area (Å²) in [4.78, 5) is 0. The van der Waals surface area contributed by atoms with Crippen LogP contribution >= 0.6 is 0 Å². The van der Waals surface area contributed by atoms with Crippen molar-refractivity contribution < 1.29 is 0 Å². The topological polar surface area (TPSA) is 35.8 Å². The summed E-state index contributed by atoms with van der Waals surface area (Å²) in [5.41, 5.74) is 0. The molecule has 0 aliphatic heterocycles. The fraction of sp³-hybridized carbons (Fsp3) is 0.923. The Morgan fingerprint density at radius 1 is 1.27 bits per heavy atom. The van der Waals surface area contributed by atoms with Crippen molar-refractivity contribution in [2.45, 2.75) is 64.3 Å². The summed E-state index contributed by atoms with van der Waals surface area (Å²) in [5.74, 6) is 0.993. The van der Waals surface area contributed by atoms with E-state index in [2.05, 4.69) is 18.3 Å². The van der Waals surface area contributed by atoms with Crippen molar-refractivity contribution in [1.29, 1.82) is 5.26 Å². The van der Waals surface area contributed by atoms with Gasteiger partial charge in [0.25, 0.3) is 0 Å². The minimum atomic E-state index is 0.693. The molecule has 0 aromatic heterocycles. The summed E-state index contributed by atoms with van der Waals surface area (Å²) in [6.07, 6.45) is 9.96. The lowest BCUT2D eigenvalue weighted by atomic mass is 9.83. The molecular weight excluding hydrogens is 184 g/mol. The Morgan fingerprint density at radius 3 is 2.60 bits per heavy atom. The van der Waals surface area contributed by atoms with Gasteiger partial charge in [0.1, 0.15) is 0 Å². The molecule has 1 aliphatic carbocycles. The van der Waals surface area contributed by atoms with E-state index in [4.69, 9.17) is 5.26 Å². The van der Waals surface area contributed by atoms with Crippen LogP contribution in [0.3, 0.4) is 0 Å². The molecule has 0 heterocycles. The van der Waals surface area contributed by atoms with Crippen LogP contribution in [0, 0.1) is 17.2 Å². The third-order valence-corrected chi connectivity index (χ3v) is 3.44. The van der Waals surface area contributed by atoms with Crippen LogP contribution in [0.25, 0.3) is 0 Å². The lowest BCUT2D eigenvalue weighted by Crippen LogP contribution is -2.33. The molecule has 1 fully saturated rings. The summed E-state index contributed by atoms with van der Waals surface area (Å²) in [5, 5.41) is 12.0. The van der Waals surface area contributed by atoms with Crippen LogP contribution in [-0.4, -0.2) is 12.6 Å². The average Bonchev–Trinajstić information content (AvgIpc) is 2.27. The molecule has 1 saturated carbocycles. The molecule has 0 atom stereocenters. The van der Waals surface area contributed by atoms with Gasteiger partial charge in [-0.25, -0.2) is 0 Å². The van der Waals surface area contributed by atoms with Crippen LogP contribution < -0.4 is 5.32 Å². The van der Waals surface area contributed by atoms with Crippen molar-refractivity contribution in [3.63, 3.8) is 0 Å². The van der Waals surface area contributed by atoms with E-state index in [-0.39, 0.29) is 0 Å². The first kappa shape index (κ1) is 12.5. The number of rotatable bonds is 6. The molecule has 86 valence electrons. The van der Waals surface area contributed by atoms with Gasteiger partial charge >= 0.3 is 0 Å². The van der Waals surface area contributed by atoms with Gasteiger partial charge in [0.15, 0.2) is 0 Å². The second kappa shape index (κ2) is 7.70. The number of unbranched alkanes of at least 4 members (excludes halogenated alkanes) is 1. The fourth-order valence-corrected chi connectivity index (χ4v) is 2.54. The zero-order valence-electron chi connectivity index (χ0n) is 9.97. The highest BCUT2D eigenvalue weighted by Crippen LogP contribution is 2.27. The van der Waals surface area contributed by atoms with Gasteiger partial charge in [0.2, 0.25) is 0 Å². The van der Waals surface area contributed by atoms with Crippen LogP contribution in [0.5, 0.6) is 0 Å². The largest absolute Gasteiger partial charge is 0.314 e. The van der Waals surface area contributed by atoms with Crippen LogP contribution in [0.4, 0.5) is 0 Å². The van der Waals surface area contributed by atoms with Crippen LogP contribution in [0.15, 0.2) is 0 Å². The molecule has 0 aromatic rings. The van der Waals surface area contributed by atoms with Crippen molar-refractivity contribution in [3.05, 3.63) is 0 Å². The van der Waals surface area contributed by atoms with Crippen molar-refractivity contribution in [1.82, 2.24) is 5.32 Å². The highest BCUT2D eigenvalue weighted by molar-refractivity contribution is 4.77. The van der Waals surface area contributed by atoms with E-state index in [0.717, 1.165) is 24.9 Å². The van der Waals surface area contributed by atoms with Crippen molar-refractivity contribution in [3.8, 4) is 6.07 Å². The van der Waals surface area contributed by atoms with Gasteiger partial charge in [-0.1, -0.05) is 19.8 Å². The van der Waals surface area contributed by atoms with Gasteiger partial charge in [0.05, 0.1) is 6.07 Å². The standard InChI is InChI=1S/C13H24N2/c1-2-5-12-6-8-13(9-7-12)15-11-4-3-10-14/h12-13,15H,2-9,11H2,1H3. The summed E-state index contributed by atoms with van der Waals surface area (Å²) in [6, 6.07) is 2.92. The first-order valence-corrected chi connectivity index (χ1v) is 6.47. The normalized spacial score (nSPS) is 26.1. The van der Waals surface area contributed by atoms with Crippen LogP contribution in [-0.2, 0) is 0 Å². The molecule has 1 N–H and O–H groups in total. The maximum absolute atomic E-state index is 8.42. The molecule has 2 heteroatoms. The molecule has 0 aromatic carbocycles. The number of hydrogen-bond acceptors (Lipinski definition) is 2. The van der Waals surface area contributed by atoms with Gasteiger partial charge in [-0.2, -0.15) is 5.26 Å². The molecule has 1 aliphatic rings. The molecule has 0 unspecified atom stereocenters. The van der Waals surface area contributed by atoms with E-state index in [1.54, 1.807) is 0 Å². The molecule has 15 heavy (non-hydrogen) atoms. The van der Waals surface area contributed by atoms with E-state index in [1.807, 2.05) is 0 Å². The number of hydrogen-bond donors (Lipinski definition) is 1. The second-order valence-electron chi connectivity index (χ2n) is 4.72. The Morgan fingerprint density at radius 2 is 2.00 bits per heavy atom. The van der Waals surface area contributed by atoms with E-state index < -0.39 is 0 Å². The van der Waals surface area contributed by atoms with Crippen molar-refractivity contribution in [2.75, 3.05) is 6.54 Å². The zero-order chi connectivity index (χ0) is 10.9. The maximum Gasteiger partial charge on any atom is 0.0622 e. The number of nitrogens with one attached hydrogen (secondary N) is 1. The van der Waals surface area contributed by atoms with E-state index >= 15 is 0 Å². The Kier molecular flexibility index (Phi) is 6.43. The third kappa shape index (κ3) is 5.18. The summed E-state index contributed by atoms with van der Waals surface area (Å²) in [7, 11) is 0. The number of nitriles is 1. The fourth-order valence-electron chi connectivity index (χ4n) is 2.54. The minimum Gasteiger partial charge on any atom is -0.314 e. The Labute approximate surface area is 94.1 Å². The van der Waals surface area contributed by atoms with Crippen LogP contribution in [0.2, 0.25) is 0 Å². The van der Waals surface area contributed by atoms with E-state index in [0.29, 0.717) is 6.42 Å². The van der Waals surface area contributed by atoms with Crippen molar-refractivity contribution >= 4 is 0 Å². The average molecular weight is 208 g/mol. The van der Waals surface area contributed by atoms with Gasteiger partial charge in [-0.05, 0) is 44.6 Å². The molecule has 0 spiro atoms. The van der Waals surface area contributed by atoms with Crippen LogP contribution in [0.1, 0.15) is 58.3 Å². The number of nitrogens with zero attached hydrogens (tertiary/aromatic N) is 1. The van der Waals surface area contributed by atoms with Gasteiger partial charge < -0.3 is 5.32 Å². The summed E-state index contributed by atoms with van der Waals surface area (Å²) < 4.78 is 0. The first-order valence-electron chi connectivity index (χ1n) is 6.47. The third-order valence-electron chi connectivity index (χ3n) is 3.44. The minimum absolute atomic E-state index is 0.693. The van der Waals surface area contributed by atoms with Gasteiger partial charge in [0, 0.05) is 12.5 Å². The van der Waals surface area contributed by atoms with Gasteiger partial charge in [-0.15, -0.1) is 0 Å². The Bertz CT molecular complexity index is 187. The smallest absolute Gasteiger partial charge is 0.0622 e. The predicted molar refractivity (Wildman–Crippen MR) is 63.5 cm³/mol. The summed E-state index contributed by atoms with van der Waals surface area (Å²) in [6.45, 7) is 3.31. The SMILES string of the molecule is CCCC1CCC(NCCCC#N)CC1. The highest BCUT2D eigenvalue weighted by Gasteiger charge is 2.19. The van der Waals surface area contributed by atoms with E-state index in [1.165, 1.54) is 38.5 Å². The summed E-state index contributed by atoms with van der Waals surface area (Å²) >= 11 is 0. The molecule has 0 amide bonds. The molecule has 0 bridgehead atoms. The molecule has 2 nitrogen and oxygen atoms in total. The first-order chi connectivity index (χ1) is 7.36. The lowest BCUT2D eigenvalue weighted by Gasteiger charge is -2.29. The molecule has 0 radical (unpaired) electrons. The Hall–Kier alpha value is -0.550.